The zero-order valence-corrected chi connectivity index (χ0v) is 10.6. The van der Waals surface area contributed by atoms with Crippen LogP contribution in [0.4, 0.5) is 0 Å². The van der Waals surface area contributed by atoms with Gasteiger partial charge in [0.2, 0.25) is 11.1 Å². The Labute approximate surface area is 109 Å². The lowest BCUT2D eigenvalue weighted by molar-refractivity contribution is 0.0686. The third-order valence-corrected chi connectivity index (χ3v) is 2.70. The van der Waals surface area contributed by atoms with Gasteiger partial charge in [0.15, 0.2) is 0 Å². The number of carboxylic acid groups (broad SMARTS) is 1. The van der Waals surface area contributed by atoms with Gasteiger partial charge >= 0.3 is 5.97 Å². The van der Waals surface area contributed by atoms with Crippen LogP contribution in [0.1, 0.15) is 28.5 Å². The van der Waals surface area contributed by atoms with Gasteiger partial charge < -0.3 is 5.11 Å². The molecule has 6 nitrogen and oxygen atoms in total. The van der Waals surface area contributed by atoms with Crippen LogP contribution in [0, 0.1) is 6.92 Å². The second-order valence-electron chi connectivity index (χ2n) is 4.16. The van der Waals surface area contributed by atoms with Gasteiger partial charge in [-0.3, -0.25) is 9.78 Å². The molecule has 2 heterocycles. The smallest absolute Gasteiger partial charge is 0.360 e. The lowest BCUT2D eigenvalue weighted by Gasteiger charge is -2.08. The highest BCUT2D eigenvalue weighted by atomic mass is 16.4. The molecular formula is C13H13N3O3. The molecule has 1 N–H and O–H groups in total. The first kappa shape index (κ1) is 12.9. The summed E-state index contributed by atoms with van der Waals surface area (Å²) in [5.41, 5.74) is 0.951. The third-order valence-electron chi connectivity index (χ3n) is 2.70. The lowest BCUT2D eigenvalue weighted by atomic mass is 10.2. The predicted octanol–water partition coefficient (Wildman–Crippen LogP) is 1.20. The van der Waals surface area contributed by atoms with Crippen molar-refractivity contribution in [3.8, 4) is 5.69 Å². The summed E-state index contributed by atoms with van der Waals surface area (Å²) in [6.07, 6.45) is 5.24. The number of carboxylic acids is 1. The molecule has 0 saturated heterocycles. The maximum Gasteiger partial charge on any atom is 0.360 e. The van der Waals surface area contributed by atoms with Crippen molar-refractivity contribution in [1.29, 1.82) is 0 Å². The summed E-state index contributed by atoms with van der Waals surface area (Å²) in [4.78, 5) is 26.9. The minimum absolute atomic E-state index is 0.411. The molecular weight excluding hydrogens is 246 g/mol. The van der Waals surface area contributed by atoms with Crippen LogP contribution in [0.5, 0.6) is 0 Å². The van der Waals surface area contributed by atoms with Crippen LogP contribution in [0.2, 0.25) is 0 Å². The molecule has 19 heavy (non-hydrogen) atoms. The van der Waals surface area contributed by atoms with Crippen LogP contribution < -0.4 is 5.43 Å². The van der Waals surface area contributed by atoms with Crippen molar-refractivity contribution in [3.63, 3.8) is 0 Å². The summed E-state index contributed by atoms with van der Waals surface area (Å²) in [6, 6.07) is 1.82. The van der Waals surface area contributed by atoms with E-state index in [1.807, 2.05) is 13.0 Å². The third kappa shape index (κ3) is 2.52. The van der Waals surface area contributed by atoms with Crippen LogP contribution in [0.15, 0.2) is 29.5 Å². The molecule has 0 aromatic carbocycles. The Balaban J connectivity index is 2.68. The average Bonchev–Trinajstić information content (AvgIpc) is 2.38. The van der Waals surface area contributed by atoms with E-state index < -0.39 is 17.1 Å². The number of hydrogen-bond acceptors (Lipinski definition) is 4. The predicted molar refractivity (Wildman–Crippen MR) is 68.7 cm³/mol. The van der Waals surface area contributed by atoms with E-state index in [2.05, 4.69) is 10.1 Å². The molecule has 0 aliphatic carbocycles. The molecule has 0 spiro atoms. The van der Waals surface area contributed by atoms with Gasteiger partial charge in [0.05, 0.1) is 11.9 Å². The summed E-state index contributed by atoms with van der Waals surface area (Å²) in [7, 11) is 0. The summed E-state index contributed by atoms with van der Waals surface area (Å²) >= 11 is 0. The van der Waals surface area contributed by atoms with Crippen molar-refractivity contribution in [2.24, 2.45) is 0 Å². The summed E-state index contributed by atoms with van der Waals surface area (Å²) in [5.74, 6) is -1.32. The summed E-state index contributed by atoms with van der Waals surface area (Å²) in [6.45, 7) is 3.67. The quantitative estimate of drug-likeness (QED) is 0.895. The van der Waals surface area contributed by atoms with Gasteiger partial charge in [-0.25, -0.2) is 9.48 Å². The van der Waals surface area contributed by atoms with Crippen molar-refractivity contribution < 1.29 is 9.90 Å². The Morgan fingerprint density at radius 1 is 1.42 bits per heavy atom. The van der Waals surface area contributed by atoms with E-state index >= 15 is 0 Å². The van der Waals surface area contributed by atoms with Crippen molar-refractivity contribution >= 4 is 5.97 Å². The number of aryl methyl sites for hydroxylation is 2. The van der Waals surface area contributed by atoms with E-state index in [4.69, 9.17) is 5.11 Å². The zero-order valence-electron chi connectivity index (χ0n) is 10.6. The fraction of sp³-hybridized carbons (Fsp3) is 0.231. The molecule has 0 unspecified atom stereocenters. The van der Waals surface area contributed by atoms with Gasteiger partial charge in [0.25, 0.3) is 0 Å². The zero-order chi connectivity index (χ0) is 14.0. The number of nitrogens with zero attached hydrogens (tertiary/aromatic N) is 3. The van der Waals surface area contributed by atoms with Gasteiger partial charge in [-0.15, -0.1) is 0 Å². The van der Waals surface area contributed by atoms with E-state index in [1.165, 1.54) is 4.68 Å². The fourth-order valence-electron chi connectivity index (χ4n) is 1.73. The van der Waals surface area contributed by atoms with Gasteiger partial charge in [0, 0.05) is 18.0 Å². The van der Waals surface area contributed by atoms with Gasteiger partial charge in [0.1, 0.15) is 0 Å². The monoisotopic (exact) mass is 259 g/mol. The van der Waals surface area contributed by atoms with Crippen LogP contribution in [-0.2, 0) is 6.42 Å². The van der Waals surface area contributed by atoms with Crippen LogP contribution in [-0.4, -0.2) is 25.8 Å². The Morgan fingerprint density at radius 3 is 2.74 bits per heavy atom. The highest BCUT2D eigenvalue weighted by Gasteiger charge is 2.15. The molecule has 0 atom stereocenters. The largest absolute Gasteiger partial charge is 0.476 e. The minimum Gasteiger partial charge on any atom is -0.476 e. The van der Waals surface area contributed by atoms with E-state index in [0.29, 0.717) is 17.7 Å². The molecule has 0 fully saturated rings. The van der Waals surface area contributed by atoms with Gasteiger partial charge in [-0.1, -0.05) is 6.92 Å². The summed E-state index contributed by atoms with van der Waals surface area (Å²) in [5, 5.41) is 12.9. The molecule has 0 aliphatic heterocycles. The van der Waals surface area contributed by atoms with Crippen LogP contribution in [0.25, 0.3) is 5.69 Å². The molecule has 0 radical (unpaired) electrons. The Bertz CT molecular complexity index is 692. The minimum atomic E-state index is -1.32. The first-order valence-corrected chi connectivity index (χ1v) is 5.81. The van der Waals surface area contributed by atoms with Crippen molar-refractivity contribution in [1.82, 2.24) is 14.8 Å². The molecule has 0 aliphatic rings. The highest BCUT2D eigenvalue weighted by molar-refractivity contribution is 5.85. The Morgan fingerprint density at radius 2 is 2.16 bits per heavy atom. The second kappa shape index (κ2) is 5.01. The van der Waals surface area contributed by atoms with E-state index in [1.54, 1.807) is 25.5 Å². The lowest BCUT2D eigenvalue weighted by Crippen LogP contribution is -2.24. The molecule has 2 rings (SSSR count). The second-order valence-corrected chi connectivity index (χ2v) is 4.16. The van der Waals surface area contributed by atoms with Gasteiger partial charge in [-0.2, -0.15) is 5.10 Å². The number of carbonyl (C=O) groups is 1. The molecule has 6 heteroatoms. The van der Waals surface area contributed by atoms with Crippen molar-refractivity contribution in [2.45, 2.75) is 20.3 Å². The molecule has 0 bridgehead atoms. The normalized spacial score (nSPS) is 10.4. The van der Waals surface area contributed by atoms with Crippen LogP contribution in [0.3, 0.4) is 0 Å². The standard InChI is InChI=1S/C13H13N3O3/c1-3-9-7-16(10-4-8(2)5-14-6-10)15-11(12(9)17)13(18)19/h4-7H,3H2,1-2H3,(H,18,19). The molecule has 98 valence electrons. The number of aromatic carboxylic acids is 1. The van der Waals surface area contributed by atoms with E-state index in [0.717, 1.165) is 5.56 Å². The van der Waals surface area contributed by atoms with E-state index in [9.17, 15) is 9.59 Å². The van der Waals surface area contributed by atoms with Crippen molar-refractivity contribution in [3.05, 3.63) is 51.7 Å². The molecule has 0 amide bonds. The van der Waals surface area contributed by atoms with E-state index in [-0.39, 0.29) is 0 Å². The first-order chi connectivity index (χ1) is 9.02. The maximum absolute atomic E-state index is 11.8. The summed E-state index contributed by atoms with van der Waals surface area (Å²) < 4.78 is 1.38. The topological polar surface area (TPSA) is 85.1 Å². The maximum atomic E-state index is 11.8. The fourth-order valence-corrected chi connectivity index (χ4v) is 1.73. The SMILES string of the molecule is CCc1cn(-c2cncc(C)c2)nc(C(=O)O)c1=O. The van der Waals surface area contributed by atoms with Gasteiger partial charge in [-0.05, 0) is 25.0 Å². The highest BCUT2D eigenvalue weighted by Crippen LogP contribution is 2.07. The van der Waals surface area contributed by atoms with Crippen molar-refractivity contribution in [2.75, 3.05) is 0 Å². The Hall–Kier alpha value is -2.50. The Kier molecular flexibility index (Phi) is 3.41. The number of rotatable bonds is 3. The molecule has 2 aromatic heterocycles. The number of pyridine rings is 1. The molecule has 2 aromatic rings. The number of hydrogen-bond donors (Lipinski definition) is 1. The first-order valence-electron chi connectivity index (χ1n) is 5.81. The van der Waals surface area contributed by atoms with Crippen LogP contribution >= 0.6 is 0 Å². The average molecular weight is 259 g/mol. The molecule has 0 saturated carbocycles. The number of aromatic nitrogens is 3.